The Morgan fingerprint density at radius 1 is 1.39 bits per heavy atom. The van der Waals surface area contributed by atoms with E-state index in [4.69, 9.17) is 28.9 Å². The molecule has 1 fully saturated rings. The van der Waals surface area contributed by atoms with Crippen LogP contribution >= 0.6 is 23.2 Å². The van der Waals surface area contributed by atoms with Gasteiger partial charge in [0.15, 0.2) is 0 Å². The van der Waals surface area contributed by atoms with Crippen LogP contribution in [-0.2, 0) is 0 Å². The number of nitrogens with two attached hydrogens (primary N) is 1. The maximum Gasteiger partial charge on any atom is 0.0859 e. The van der Waals surface area contributed by atoms with Crippen molar-refractivity contribution < 1.29 is 5.11 Å². The van der Waals surface area contributed by atoms with Gasteiger partial charge in [-0.15, -0.1) is 0 Å². The number of aliphatic hydroxyl groups is 1. The van der Waals surface area contributed by atoms with Crippen LogP contribution in [0.2, 0.25) is 10.0 Å². The lowest BCUT2D eigenvalue weighted by Gasteiger charge is -2.33. The van der Waals surface area contributed by atoms with E-state index in [0.717, 1.165) is 24.8 Å². The molecule has 2 nitrogen and oxygen atoms in total. The topological polar surface area (TPSA) is 46.2 Å². The minimum atomic E-state index is -0.594. The molecule has 100 valence electrons. The van der Waals surface area contributed by atoms with E-state index in [-0.39, 0.29) is 5.41 Å². The van der Waals surface area contributed by atoms with Crippen molar-refractivity contribution in [1.82, 2.24) is 0 Å². The second-order valence-electron chi connectivity index (χ2n) is 5.52. The molecule has 1 aliphatic carbocycles. The van der Waals surface area contributed by atoms with Crippen LogP contribution in [0.1, 0.15) is 37.9 Å². The predicted octanol–water partition coefficient (Wildman–Crippen LogP) is 3.79. The zero-order valence-electron chi connectivity index (χ0n) is 10.5. The van der Waals surface area contributed by atoms with Gasteiger partial charge in [0.2, 0.25) is 0 Å². The van der Waals surface area contributed by atoms with E-state index in [1.807, 2.05) is 0 Å². The molecule has 1 aromatic rings. The van der Waals surface area contributed by atoms with E-state index in [0.29, 0.717) is 22.5 Å². The van der Waals surface area contributed by atoms with Crippen LogP contribution in [0.3, 0.4) is 0 Å². The number of benzene rings is 1. The van der Waals surface area contributed by atoms with Crippen LogP contribution in [0.5, 0.6) is 0 Å². The largest absolute Gasteiger partial charge is 0.388 e. The van der Waals surface area contributed by atoms with E-state index in [1.54, 1.807) is 18.2 Å². The normalized spacial score (nSPS) is 29.5. The van der Waals surface area contributed by atoms with Crippen LogP contribution in [0.15, 0.2) is 18.2 Å². The maximum absolute atomic E-state index is 10.6. The van der Waals surface area contributed by atoms with Crippen LogP contribution in [0.4, 0.5) is 0 Å². The van der Waals surface area contributed by atoms with E-state index in [2.05, 4.69) is 6.92 Å². The van der Waals surface area contributed by atoms with Gasteiger partial charge in [-0.2, -0.15) is 0 Å². The van der Waals surface area contributed by atoms with Crippen LogP contribution in [0, 0.1) is 11.3 Å². The number of rotatable bonds is 3. The Morgan fingerprint density at radius 3 is 2.44 bits per heavy atom. The highest BCUT2D eigenvalue weighted by Crippen LogP contribution is 2.49. The Kier molecular flexibility index (Phi) is 4.22. The molecule has 0 saturated heterocycles. The van der Waals surface area contributed by atoms with Gasteiger partial charge >= 0.3 is 0 Å². The Balaban J connectivity index is 2.31. The smallest absolute Gasteiger partial charge is 0.0859 e. The highest BCUT2D eigenvalue weighted by molar-refractivity contribution is 6.34. The first-order valence-electron chi connectivity index (χ1n) is 6.31. The second kappa shape index (κ2) is 5.38. The molecule has 1 aliphatic rings. The van der Waals surface area contributed by atoms with Gasteiger partial charge in [0.1, 0.15) is 0 Å². The lowest BCUT2D eigenvalue weighted by atomic mass is 9.77. The quantitative estimate of drug-likeness (QED) is 0.888. The van der Waals surface area contributed by atoms with Gasteiger partial charge in [0, 0.05) is 22.0 Å². The summed E-state index contributed by atoms with van der Waals surface area (Å²) in [7, 11) is 0. The summed E-state index contributed by atoms with van der Waals surface area (Å²) in [6, 6.07) is 5.22. The van der Waals surface area contributed by atoms with Crippen molar-refractivity contribution >= 4 is 23.2 Å². The molecule has 0 bridgehead atoms. The molecule has 0 radical (unpaired) electrons. The van der Waals surface area contributed by atoms with Gasteiger partial charge in [-0.1, -0.05) is 36.5 Å². The van der Waals surface area contributed by atoms with E-state index < -0.39 is 6.10 Å². The van der Waals surface area contributed by atoms with E-state index in [9.17, 15) is 5.11 Å². The summed E-state index contributed by atoms with van der Waals surface area (Å²) in [5.74, 6) is 0.609. The Labute approximate surface area is 118 Å². The molecule has 3 N–H and O–H groups in total. The molecule has 4 heteroatoms. The number of halogens is 2. The summed E-state index contributed by atoms with van der Waals surface area (Å²) < 4.78 is 0. The minimum Gasteiger partial charge on any atom is -0.388 e. The monoisotopic (exact) mass is 287 g/mol. The highest BCUT2D eigenvalue weighted by Gasteiger charge is 2.42. The number of hydrogen-bond acceptors (Lipinski definition) is 2. The maximum atomic E-state index is 10.6. The van der Waals surface area contributed by atoms with Crippen molar-refractivity contribution in [2.45, 2.75) is 32.3 Å². The van der Waals surface area contributed by atoms with E-state index >= 15 is 0 Å². The fourth-order valence-electron chi connectivity index (χ4n) is 3.06. The first-order valence-corrected chi connectivity index (χ1v) is 7.06. The zero-order chi connectivity index (χ0) is 13.3. The lowest BCUT2D eigenvalue weighted by molar-refractivity contribution is 0.0308. The molecule has 2 rings (SSSR count). The molecule has 0 amide bonds. The van der Waals surface area contributed by atoms with Gasteiger partial charge in [-0.3, -0.25) is 0 Å². The molecule has 0 spiro atoms. The molecule has 3 atom stereocenters. The molecule has 1 saturated carbocycles. The third-order valence-corrected chi connectivity index (χ3v) is 4.51. The molecule has 0 heterocycles. The molecule has 0 aliphatic heterocycles. The fraction of sp³-hybridized carbons (Fsp3) is 0.571. The summed E-state index contributed by atoms with van der Waals surface area (Å²) >= 11 is 12.0. The van der Waals surface area contributed by atoms with Crippen LogP contribution < -0.4 is 5.73 Å². The first-order chi connectivity index (χ1) is 8.47. The average Bonchev–Trinajstić information content (AvgIpc) is 2.70. The average molecular weight is 288 g/mol. The molecular formula is C14H19Cl2NO. The minimum absolute atomic E-state index is 0.229. The van der Waals surface area contributed by atoms with Gasteiger partial charge in [-0.05, 0) is 42.5 Å². The number of hydrogen-bond donors (Lipinski definition) is 2. The molecule has 1 aromatic carbocycles. The molecule has 18 heavy (non-hydrogen) atoms. The van der Waals surface area contributed by atoms with Crippen LogP contribution in [0.25, 0.3) is 0 Å². The highest BCUT2D eigenvalue weighted by atomic mass is 35.5. The van der Waals surface area contributed by atoms with Gasteiger partial charge < -0.3 is 10.8 Å². The Morgan fingerprint density at radius 2 is 2.00 bits per heavy atom. The summed E-state index contributed by atoms with van der Waals surface area (Å²) in [4.78, 5) is 0. The van der Waals surface area contributed by atoms with Crippen molar-refractivity contribution in [3.63, 3.8) is 0 Å². The molecule has 3 unspecified atom stereocenters. The molecular weight excluding hydrogens is 269 g/mol. The Hall–Kier alpha value is -0.280. The van der Waals surface area contributed by atoms with Gasteiger partial charge in [0.25, 0.3) is 0 Å². The standard InChI is InChI=1S/C14H19Cl2NO/c1-9-2-3-14(7-9,8-17)13(18)10-4-11(15)6-12(16)5-10/h4-6,9,13,18H,2-3,7-8,17H2,1H3. The predicted molar refractivity (Wildman–Crippen MR) is 75.9 cm³/mol. The van der Waals surface area contributed by atoms with Crippen LogP contribution in [-0.4, -0.2) is 11.7 Å². The summed E-state index contributed by atoms with van der Waals surface area (Å²) in [5.41, 5.74) is 6.46. The lowest BCUT2D eigenvalue weighted by Crippen LogP contribution is -2.34. The van der Waals surface area contributed by atoms with Gasteiger partial charge in [0.05, 0.1) is 6.10 Å². The number of aliphatic hydroxyl groups excluding tert-OH is 1. The third-order valence-electron chi connectivity index (χ3n) is 4.08. The summed E-state index contributed by atoms with van der Waals surface area (Å²) in [5, 5.41) is 11.7. The van der Waals surface area contributed by atoms with Crippen molar-refractivity contribution in [1.29, 1.82) is 0 Å². The van der Waals surface area contributed by atoms with Crippen molar-refractivity contribution in [3.8, 4) is 0 Å². The van der Waals surface area contributed by atoms with Crippen molar-refractivity contribution in [2.75, 3.05) is 6.54 Å². The van der Waals surface area contributed by atoms with Crippen molar-refractivity contribution in [3.05, 3.63) is 33.8 Å². The summed E-state index contributed by atoms with van der Waals surface area (Å²) in [6.45, 7) is 2.69. The summed E-state index contributed by atoms with van der Waals surface area (Å²) in [6.07, 6.45) is 2.43. The molecule has 0 aromatic heterocycles. The first kappa shape index (κ1) is 14.1. The second-order valence-corrected chi connectivity index (χ2v) is 6.39. The SMILES string of the molecule is CC1CCC(CN)(C(O)c2cc(Cl)cc(Cl)c2)C1. The van der Waals surface area contributed by atoms with E-state index in [1.165, 1.54) is 0 Å². The third kappa shape index (κ3) is 2.67. The van der Waals surface area contributed by atoms with Gasteiger partial charge in [-0.25, -0.2) is 0 Å². The fourth-order valence-corrected chi connectivity index (χ4v) is 3.61. The Bertz CT molecular complexity index is 418. The zero-order valence-corrected chi connectivity index (χ0v) is 12.0. The van der Waals surface area contributed by atoms with Crippen molar-refractivity contribution in [2.24, 2.45) is 17.1 Å².